The molecule has 0 saturated carbocycles. The molecule has 2 amide bonds. The van der Waals surface area contributed by atoms with Gasteiger partial charge in [-0.05, 0) is 41.6 Å². The number of likely N-dealkylation sites (tertiary alicyclic amines) is 1. The van der Waals surface area contributed by atoms with Gasteiger partial charge in [0, 0.05) is 11.9 Å². The van der Waals surface area contributed by atoms with Gasteiger partial charge in [0.05, 0.1) is 12.2 Å². The number of para-hydroxylation sites is 1. The summed E-state index contributed by atoms with van der Waals surface area (Å²) in [5.74, 6) is 1.04. The van der Waals surface area contributed by atoms with E-state index >= 15 is 0 Å². The van der Waals surface area contributed by atoms with Gasteiger partial charge in [0.15, 0.2) is 0 Å². The van der Waals surface area contributed by atoms with Gasteiger partial charge in [-0.3, -0.25) is 4.79 Å². The summed E-state index contributed by atoms with van der Waals surface area (Å²) in [5, 5.41) is 4.57. The first-order chi connectivity index (χ1) is 17.2. The molecule has 1 atom stereocenters. The van der Waals surface area contributed by atoms with E-state index in [4.69, 9.17) is 14.5 Å². The van der Waals surface area contributed by atoms with Crippen LogP contribution in [0.25, 0.3) is 10.8 Å². The predicted octanol–water partition coefficient (Wildman–Crippen LogP) is 5.05. The minimum atomic E-state index is -0.612. The summed E-state index contributed by atoms with van der Waals surface area (Å²) in [6, 6.07) is 28.1. The SMILES string of the molecule is O=C(N[C@H]1CCN(Cc2cc3ccccc3c(Oc3ccccc3)n2)C1=O)OCc1ccccc1. The second-order valence-corrected chi connectivity index (χ2v) is 8.36. The van der Waals surface area contributed by atoms with Gasteiger partial charge in [0.2, 0.25) is 11.8 Å². The van der Waals surface area contributed by atoms with E-state index in [1.54, 1.807) is 4.90 Å². The number of amides is 2. The predicted molar refractivity (Wildman–Crippen MR) is 132 cm³/mol. The lowest BCUT2D eigenvalue weighted by Crippen LogP contribution is -2.41. The lowest BCUT2D eigenvalue weighted by Gasteiger charge is -2.18. The van der Waals surface area contributed by atoms with Gasteiger partial charge in [-0.1, -0.05) is 66.7 Å². The number of carbonyl (C=O) groups excluding carboxylic acids is 2. The zero-order valence-corrected chi connectivity index (χ0v) is 19.1. The summed E-state index contributed by atoms with van der Waals surface area (Å²) < 4.78 is 11.3. The van der Waals surface area contributed by atoms with Crippen molar-refractivity contribution >= 4 is 22.8 Å². The van der Waals surface area contributed by atoms with Crippen molar-refractivity contribution in [2.45, 2.75) is 25.6 Å². The fourth-order valence-corrected chi connectivity index (χ4v) is 4.11. The maximum atomic E-state index is 13.0. The van der Waals surface area contributed by atoms with Crippen LogP contribution in [0.4, 0.5) is 4.79 Å². The molecule has 1 aromatic heterocycles. The van der Waals surface area contributed by atoms with Crippen molar-refractivity contribution in [2.24, 2.45) is 0 Å². The first-order valence-electron chi connectivity index (χ1n) is 11.5. The van der Waals surface area contributed by atoms with Crippen LogP contribution in [-0.2, 0) is 22.7 Å². The Labute approximate surface area is 203 Å². The minimum Gasteiger partial charge on any atom is -0.445 e. The van der Waals surface area contributed by atoms with Gasteiger partial charge in [-0.25, -0.2) is 9.78 Å². The van der Waals surface area contributed by atoms with Crippen LogP contribution in [0.1, 0.15) is 17.7 Å². The average Bonchev–Trinajstić information content (AvgIpc) is 3.22. The molecule has 0 bridgehead atoms. The smallest absolute Gasteiger partial charge is 0.408 e. The first-order valence-corrected chi connectivity index (χ1v) is 11.5. The fourth-order valence-electron chi connectivity index (χ4n) is 4.11. The second kappa shape index (κ2) is 10.3. The standard InChI is InChI=1S/C28H25N3O4/c32-27-25(30-28(33)34-19-20-9-3-1-4-10-20)15-16-31(27)18-22-17-21-11-7-8-14-24(21)26(29-22)35-23-12-5-2-6-13-23/h1-14,17,25H,15-16,18-19H2,(H,30,33)/t25-/m0/s1. The largest absolute Gasteiger partial charge is 0.445 e. The third-order valence-corrected chi connectivity index (χ3v) is 5.87. The van der Waals surface area contributed by atoms with Crippen LogP contribution in [-0.4, -0.2) is 34.5 Å². The Morgan fingerprint density at radius 3 is 2.49 bits per heavy atom. The Morgan fingerprint density at radius 1 is 0.971 bits per heavy atom. The molecule has 4 aromatic rings. The number of nitrogens with zero attached hydrogens (tertiary/aromatic N) is 2. The van der Waals surface area contributed by atoms with Crippen LogP contribution in [0.3, 0.4) is 0 Å². The molecule has 0 aliphatic carbocycles. The molecular formula is C28H25N3O4. The summed E-state index contributed by atoms with van der Waals surface area (Å²) in [7, 11) is 0. The van der Waals surface area contributed by atoms with Crippen molar-refractivity contribution in [3.05, 3.63) is 102 Å². The van der Waals surface area contributed by atoms with Gasteiger partial charge >= 0.3 is 6.09 Å². The van der Waals surface area contributed by atoms with Gasteiger partial charge in [0.1, 0.15) is 18.4 Å². The van der Waals surface area contributed by atoms with Crippen molar-refractivity contribution in [2.75, 3.05) is 6.54 Å². The van der Waals surface area contributed by atoms with Crippen LogP contribution >= 0.6 is 0 Å². The number of hydrogen-bond acceptors (Lipinski definition) is 5. The number of nitrogens with one attached hydrogen (secondary N) is 1. The Hall–Kier alpha value is -4.39. The third-order valence-electron chi connectivity index (χ3n) is 5.87. The third kappa shape index (κ3) is 5.41. The molecule has 176 valence electrons. The van der Waals surface area contributed by atoms with Crippen molar-refractivity contribution in [3.8, 4) is 11.6 Å². The molecule has 7 heteroatoms. The number of hydrogen-bond donors (Lipinski definition) is 1. The maximum absolute atomic E-state index is 13.0. The molecule has 1 aliphatic heterocycles. The summed E-state index contributed by atoms with van der Waals surface area (Å²) >= 11 is 0. The number of carbonyl (C=O) groups is 2. The van der Waals surface area contributed by atoms with Gasteiger partial charge in [0.25, 0.3) is 0 Å². The van der Waals surface area contributed by atoms with E-state index in [9.17, 15) is 9.59 Å². The second-order valence-electron chi connectivity index (χ2n) is 8.36. The van der Waals surface area contributed by atoms with E-state index in [-0.39, 0.29) is 12.5 Å². The number of ether oxygens (including phenoxy) is 2. The van der Waals surface area contributed by atoms with Crippen molar-refractivity contribution in [1.29, 1.82) is 0 Å². The molecule has 0 radical (unpaired) electrons. The zero-order valence-electron chi connectivity index (χ0n) is 19.1. The first kappa shape index (κ1) is 22.4. The van der Waals surface area contributed by atoms with E-state index in [0.29, 0.717) is 31.1 Å². The Morgan fingerprint density at radius 2 is 1.69 bits per heavy atom. The quantitative estimate of drug-likeness (QED) is 0.411. The normalized spacial score (nSPS) is 15.3. The average molecular weight is 468 g/mol. The van der Waals surface area contributed by atoms with Crippen LogP contribution in [0.2, 0.25) is 0 Å². The molecule has 1 fully saturated rings. The highest BCUT2D eigenvalue weighted by atomic mass is 16.5. The summed E-state index contributed by atoms with van der Waals surface area (Å²) in [6.07, 6.45) is -0.0864. The van der Waals surface area contributed by atoms with Gasteiger partial charge in [-0.15, -0.1) is 0 Å². The van der Waals surface area contributed by atoms with Gasteiger partial charge in [-0.2, -0.15) is 0 Å². The molecule has 35 heavy (non-hydrogen) atoms. The van der Waals surface area contributed by atoms with E-state index in [2.05, 4.69) is 5.32 Å². The summed E-state index contributed by atoms with van der Waals surface area (Å²) in [5.41, 5.74) is 1.60. The Kier molecular flexibility index (Phi) is 6.57. The molecule has 1 aliphatic rings. The Balaban J connectivity index is 1.25. The lowest BCUT2D eigenvalue weighted by molar-refractivity contribution is -0.129. The maximum Gasteiger partial charge on any atom is 0.408 e. The molecule has 5 rings (SSSR count). The highest BCUT2D eigenvalue weighted by molar-refractivity contribution is 5.89. The number of alkyl carbamates (subject to hydrolysis) is 1. The van der Waals surface area contributed by atoms with Crippen LogP contribution in [0.5, 0.6) is 11.6 Å². The van der Waals surface area contributed by atoms with Gasteiger partial charge < -0.3 is 19.7 Å². The van der Waals surface area contributed by atoms with E-state index in [1.807, 2.05) is 91.0 Å². The monoisotopic (exact) mass is 467 g/mol. The molecule has 3 aromatic carbocycles. The lowest BCUT2D eigenvalue weighted by atomic mass is 10.1. The van der Waals surface area contributed by atoms with E-state index in [1.165, 1.54) is 0 Å². The van der Waals surface area contributed by atoms with Crippen LogP contribution in [0.15, 0.2) is 91.0 Å². The van der Waals surface area contributed by atoms with Crippen molar-refractivity contribution in [3.63, 3.8) is 0 Å². The topological polar surface area (TPSA) is 80.8 Å². The van der Waals surface area contributed by atoms with E-state index < -0.39 is 12.1 Å². The van der Waals surface area contributed by atoms with E-state index in [0.717, 1.165) is 22.0 Å². The number of fused-ring (bicyclic) bond motifs is 1. The molecule has 0 spiro atoms. The highest BCUT2D eigenvalue weighted by Gasteiger charge is 2.33. The number of rotatable bonds is 7. The fraction of sp³-hybridized carbons (Fsp3) is 0.179. The molecule has 1 N–H and O–H groups in total. The number of pyridine rings is 1. The molecular weight excluding hydrogens is 442 g/mol. The van der Waals surface area contributed by atoms with Crippen LogP contribution < -0.4 is 10.1 Å². The van der Waals surface area contributed by atoms with Crippen molar-refractivity contribution < 1.29 is 19.1 Å². The van der Waals surface area contributed by atoms with Crippen molar-refractivity contribution in [1.82, 2.24) is 15.2 Å². The number of benzene rings is 3. The highest BCUT2D eigenvalue weighted by Crippen LogP contribution is 2.29. The molecule has 0 unspecified atom stereocenters. The zero-order chi connectivity index (χ0) is 24.0. The summed E-state index contributed by atoms with van der Waals surface area (Å²) in [4.78, 5) is 31.6. The minimum absolute atomic E-state index is 0.151. The molecule has 2 heterocycles. The molecule has 7 nitrogen and oxygen atoms in total. The summed E-state index contributed by atoms with van der Waals surface area (Å²) in [6.45, 7) is 1.00. The molecule has 1 saturated heterocycles. The van der Waals surface area contributed by atoms with Crippen LogP contribution in [0, 0.1) is 0 Å². The number of aromatic nitrogens is 1. The Bertz CT molecular complexity index is 1330.